The molecule has 2 N–H and O–H groups in total. The van der Waals surface area contributed by atoms with Crippen LogP contribution in [0.4, 0.5) is 4.79 Å². The highest BCUT2D eigenvalue weighted by atomic mass is 35.5. The van der Waals surface area contributed by atoms with Gasteiger partial charge in [0.15, 0.2) is 5.78 Å². The second-order valence-corrected chi connectivity index (χ2v) is 6.67. The highest BCUT2D eigenvalue weighted by Gasteiger charge is 2.24. The lowest BCUT2D eigenvalue weighted by atomic mass is 9.96. The maximum Gasteiger partial charge on any atom is 0.315 e. The van der Waals surface area contributed by atoms with Crippen molar-refractivity contribution in [2.24, 2.45) is 5.92 Å². The summed E-state index contributed by atoms with van der Waals surface area (Å²) in [5.41, 5.74) is 0.773. The number of benzene rings is 1. The van der Waals surface area contributed by atoms with Crippen LogP contribution in [-0.4, -0.2) is 23.9 Å². The van der Waals surface area contributed by atoms with Crippen molar-refractivity contribution in [3.63, 3.8) is 0 Å². The van der Waals surface area contributed by atoms with Crippen LogP contribution < -0.4 is 10.6 Å². The third-order valence-electron chi connectivity index (χ3n) is 3.08. The molecule has 0 aliphatic carbocycles. The van der Waals surface area contributed by atoms with Crippen LogP contribution in [-0.2, 0) is 11.2 Å². The number of urea groups is 1. The van der Waals surface area contributed by atoms with E-state index < -0.39 is 6.04 Å². The summed E-state index contributed by atoms with van der Waals surface area (Å²) in [5, 5.41) is 6.47. The molecule has 0 unspecified atom stereocenters. The number of nitrogens with one attached hydrogen (secondary N) is 2. The first-order valence-electron chi connectivity index (χ1n) is 7.25. The number of halogens is 2. The van der Waals surface area contributed by atoms with Crippen molar-refractivity contribution in [2.45, 2.75) is 46.2 Å². The average molecular weight is 345 g/mol. The van der Waals surface area contributed by atoms with Gasteiger partial charge in [-0.15, -0.1) is 0 Å². The summed E-state index contributed by atoms with van der Waals surface area (Å²) >= 11 is 12.0. The number of rotatable bonds is 6. The molecule has 0 spiro atoms. The van der Waals surface area contributed by atoms with Gasteiger partial charge in [-0.3, -0.25) is 4.79 Å². The Hall–Kier alpha value is -1.26. The molecular formula is C16H22Cl2N2O2. The van der Waals surface area contributed by atoms with Crippen LogP contribution in [0.1, 0.15) is 33.3 Å². The Labute approximate surface area is 141 Å². The van der Waals surface area contributed by atoms with E-state index in [2.05, 4.69) is 10.6 Å². The lowest BCUT2D eigenvalue weighted by molar-refractivity contribution is -0.123. The zero-order valence-electron chi connectivity index (χ0n) is 13.2. The van der Waals surface area contributed by atoms with Crippen LogP contribution >= 0.6 is 23.2 Å². The Bertz CT molecular complexity index is 545. The van der Waals surface area contributed by atoms with Gasteiger partial charge < -0.3 is 10.6 Å². The van der Waals surface area contributed by atoms with Crippen molar-refractivity contribution < 1.29 is 9.59 Å². The maximum absolute atomic E-state index is 12.3. The van der Waals surface area contributed by atoms with Crippen LogP contribution in [0.15, 0.2) is 18.2 Å². The van der Waals surface area contributed by atoms with Crippen LogP contribution in [0.3, 0.4) is 0 Å². The highest BCUT2D eigenvalue weighted by molar-refractivity contribution is 6.35. The number of hydrogen-bond acceptors (Lipinski definition) is 2. The number of carbonyl (C=O) groups excluding carboxylic acids is 2. The first-order valence-corrected chi connectivity index (χ1v) is 8.01. The van der Waals surface area contributed by atoms with Gasteiger partial charge in [0.2, 0.25) is 0 Å². The molecule has 1 atom stereocenters. The molecule has 22 heavy (non-hydrogen) atoms. The summed E-state index contributed by atoms with van der Waals surface area (Å²) in [4.78, 5) is 24.2. The van der Waals surface area contributed by atoms with Crippen molar-refractivity contribution in [1.82, 2.24) is 10.6 Å². The SMILES string of the molecule is CC(C)NC(=O)N[C@H](Cc1ccc(Cl)cc1Cl)C(=O)C(C)C. The molecule has 0 radical (unpaired) electrons. The zero-order valence-corrected chi connectivity index (χ0v) is 14.8. The Morgan fingerprint density at radius 3 is 2.23 bits per heavy atom. The quantitative estimate of drug-likeness (QED) is 0.823. The van der Waals surface area contributed by atoms with Gasteiger partial charge in [-0.25, -0.2) is 4.79 Å². The molecule has 0 aromatic heterocycles. The summed E-state index contributed by atoms with van der Waals surface area (Å²) < 4.78 is 0. The summed E-state index contributed by atoms with van der Waals surface area (Å²) in [5.74, 6) is -0.222. The lowest BCUT2D eigenvalue weighted by Crippen LogP contribution is -2.49. The Morgan fingerprint density at radius 2 is 1.73 bits per heavy atom. The summed E-state index contributed by atoms with van der Waals surface area (Å²) in [6.07, 6.45) is 0.332. The fourth-order valence-corrected chi connectivity index (χ4v) is 2.48. The maximum atomic E-state index is 12.3. The van der Waals surface area contributed by atoms with Crippen molar-refractivity contribution in [1.29, 1.82) is 0 Å². The Morgan fingerprint density at radius 1 is 1.09 bits per heavy atom. The van der Waals surface area contributed by atoms with Crippen LogP contribution in [0, 0.1) is 5.92 Å². The molecule has 0 fully saturated rings. The van der Waals surface area contributed by atoms with E-state index in [1.54, 1.807) is 32.0 Å². The van der Waals surface area contributed by atoms with Gasteiger partial charge in [0.05, 0.1) is 6.04 Å². The smallest absolute Gasteiger partial charge is 0.315 e. The summed E-state index contributed by atoms with van der Waals surface area (Å²) in [7, 11) is 0. The van der Waals surface area contributed by atoms with Gasteiger partial charge in [-0.2, -0.15) is 0 Å². The van der Waals surface area contributed by atoms with Crippen LogP contribution in [0.5, 0.6) is 0 Å². The number of carbonyl (C=O) groups is 2. The zero-order chi connectivity index (χ0) is 16.9. The van der Waals surface area contributed by atoms with E-state index in [4.69, 9.17) is 23.2 Å². The minimum absolute atomic E-state index is 0.00563. The monoisotopic (exact) mass is 344 g/mol. The van der Waals surface area contributed by atoms with Crippen LogP contribution in [0.25, 0.3) is 0 Å². The molecule has 0 saturated heterocycles. The largest absolute Gasteiger partial charge is 0.336 e. The van der Waals surface area contributed by atoms with E-state index in [0.717, 1.165) is 5.56 Å². The molecule has 1 aromatic carbocycles. The Balaban J connectivity index is 2.90. The normalized spacial score (nSPS) is 12.4. The molecule has 0 saturated carbocycles. The first kappa shape index (κ1) is 18.8. The van der Waals surface area contributed by atoms with Gasteiger partial charge in [-0.1, -0.05) is 43.1 Å². The van der Waals surface area contributed by atoms with E-state index in [-0.39, 0.29) is 23.8 Å². The number of hydrogen-bond donors (Lipinski definition) is 2. The Kier molecular flexibility index (Phi) is 7.17. The van der Waals surface area contributed by atoms with Crippen molar-refractivity contribution in [3.8, 4) is 0 Å². The fraction of sp³-hybridized carbons (Fsp3) is 0.500. The predicted molar refractivity (Wildman–Crippen MR) is 90.6 cm³/mol. The molecule has 0 aliphatic heterocycles. The van der Waals surface area contributed by atoms with Gasteiger partial charge >= 0.3 is 6.03 Å². The van der Waals surface area contributed by atoms with Gasteiger partial charge in [0, 0.05) is 28.4 Å². The first-order chi connectivity index (χ1) is 10.2. The number of Topliss-reactive ketones (excluding diaryl/α,β-unsaturated/α-hetero) is 1. The van der Waals surface area contributed by atoms with Crippen molar-refractivity contribution >= 4 is 35.0 Å². The minimum Gasteiger partial charge on any atom is -0.336 e. The summed E-state index contributed by atoms with van der Waals surface area (Å²) in [6, 6.07) is 4.12. The van der Waals surface area contributed by atoms with E-state index >= 15 is 0 Å². The molecule has 0 bridgehead atoms. The molecule has 1 rings (SSSR count). The topological polar surface area (TPSA) is 58.2 Å². The van der Waals surface area contributed by atoms with Gasteiger partial charge in [-0.05, 0) is 31.5 Å². The second kappa shape index (κ2) is 8.39. The molecule has 0 aliphatic rings. The third-order valence-corrected chi connectivity index (χ3v) is 3.66. The van der Waals surface area contributed by atoms with E-state index in [9.17, 15) is 9.59 Å². The van der Waals surface area contributed by atoms with E-state index in [1.165, 1.54) is 0 Å². The highest BCUT2D eigenvalue weighted by Crippen LogP contribution is 2.22. The second-order valence-electron chi connectivity index (χ2n) is 5.82. The van der Waals surface area contributed by atoms with Crippen LogP contribution in [0.2, 0.25) is 10.0 Å². The van der Waals surface area contributed by atoms with E-state index in [1.807, 2.05) is 13.8 Å². The molecule has 4 nitrogen and oxygen atoms in total. The molecule has 2 amide bonds. The summed E-state index contributed by atoms with van der Waals surface area (Å²) in [6.45, 7) is 7.32. The third kappa shape index (κ3) is 5.85. The number of amides is 2. The van der Waals surface area contributed by atoms with Crippen molar-refractivity contribution in [2.75, 3.05) is 0 Å². The minimum atomic E-state index is -0.627. The van der Waals surface area contributed by atoms with Crippen molar-refractivity contribution in [3.05, 3.63) is 33.8 Å². The van der Waals surface area contributed by atoms with Gasteiger partial charge in [0.25, 0.3) is 0 Å². The molecule has 6 heteroatoms. The molecular weight excluding hydrogens is 323 g/mol. The fourth-order valence-electron chi connectivity index (χ4n) is 1.99. The predicted octanol–water partition coefficient (Wildman–Crippen LogP) is 3.84. The van der Waals surface area contributed by atoms with E-state index in [0.29, 0.717) is 16.5 Å². The lowest BCUT2D eigenvalue weighted by Gasteiger charge is -2.21. The number of ketones is 1. The molecule has 0 heterocycles. The average Bonchev–Trinajstić information content (AvgIpc) is 2.38. The van der Waals surface area contributed by atoms with Gasteiger partial charge in [0.1, 0.15) is 0 Å². The molecule has 122 valence electrons. The molecule has 1 aromatic rings. The standard InChI is InChI=1S/C16H22Cl2N2O2/c1-9(2)15(21)14(20-16(22)19-10(3)4)7-11-5-6-12(17)8-13(11)18/h5-6,8-10,14H,7H2,1-4H3,(H2,19,20,22)/t14-/m1/s1.